The summed E-state index contributed by atoms with van der Waals surface area (Å²) in [7, 11) is 0. The van der Waals surface area contributed by atoms with E-state index in [1.807, 2.05) is 0 Å². The molecule has 0 unspecified atom stereocenters. The monoisotopic (exact) mass is 211 g/mol. The Kier molecular flexibility index (Phi) is 3.87. The van der Waals surface area contributed by atoms with Gasteiger partial charge >= 0.3 is 6.55 Å². The molecule has 1 heterocycles. The third-order valence-corrected chi connectivity index (χ3v) is 1.54. The van der Waals surface area contributed by atoms with Gasteiger partial charge < -0.3 is 5.32 Å². The highest BCUT2D eigenvalue weighted by molar-refractivity contribution is 4.92. The highest BCUT2D eigenvalue weighted by Crippen LogP contribution is 2.11. The number of rotatable bonds is 5. The van der Waals surface area contributed by atoms with Crippen LogP contribution in [-0.2, 0) is 6.54 Å². The largest absolute Gasteiger partial charge is 0.319 e. The van der Waals surface area contributed by atoms with E-state index in [9.17, 15) is 17.6 Å². The fraction of sp³-hybridized carbons (Fsp3) is 0.571. The molecule has 0 atom stereocenters. The molecule has 0 aromatic carbocycles. The van der Waals surface area contributed by atoms with Crippen LogP contribution in [0.5, 0.6) is 0 Å². The Morgan fingerprint density at radius 1 is 1.36 bits per heavy atom. The first-order valence-electron chi connectivity index (χ1n) is 3.90. The van der Waals surface area contributed by atoms with E-state index in [-0.39, 0.29) is 12.4 Å². The summed E-state index contributed by atoms with van der Waals surface area (Å²) in [5.41, 5.74) is 0. The number of hydrogen-bond acceptors (Lipinski definition) is 2. The number of halogens is 4. The molecule has 0 amide bonds. The van der Waals surface area contributed by atoms with Gasteiger partial charge in [0.1, 0.15) is 5.82 Å². The second-order valence-electron chi connectivity index (χ2n) is 2.55. The molecule has 0 aliphatic rings. The average Bonchev–Trinajstić information content (AvgIpc) is 2.51. The van der Waals surface area contributed by atoms with Crippen molar-refractivity contribution in [3.63, 3.8) is 0 Å². The van der Waals surface area contributed by atoms with Gasteiger partial charge in [-0.2, -0.15) is 8.78 Å². The zero-order chi connectivity index (χ0) is 10.6. The van der Waals surface area contributed by atoms with Crippen LogP contribution < -0.4 is 5.32 Å². The Bertz CT molecular complexity index is 274. The SMILES string of the molecule is FC(F)CNCc1nccn1C(F)F. The molecule has 0 radical (unpaired) electrons. The van der Waals surface area contributed by atoms with E-state index in [4.69, 9.17) is 0 Å². The molecule has 80 valence electrons. The van der Waals surface area contributed by atoms with Crippen molar-refractivity contribution in [2.45, 2.75) is 19.5 Å². The van der Waals surface area contributed by atoms with Gasteiger partial charge in [0.2, 0.25) is 0 Å². The van der Waals surface area contributed by atoms with E-state index in [1.54, 1.807) is 0 Å². The van der Waals surface area contributed by atoms with E-state index < -0.39 is 19.5 Å². The zero-order valence-electron chi connectivity index (χ0n) is 7.13. The number of hydrogen-bond donors (Lipinski definition) is 1. The van der Waals surface area contributed by atoms with Crippen LogP contribution in [0.2, 0.25) is 0 Å². The lowest BCUT2D eigenvalue weighted by Gasteiger charge is -2.06. The highest BCUT2D eigenvalue weighted by Gasteiger charge is 2.11. The van der Waals surface area contributed by atoms with Gasteiger partial charge in [0, 0.05) is 12.4 Å². The summed E-state index contributed by atoms with van der Waals surface area (Å²) in [6.45, 7) is -3.32. The molecule has 3 nitrogen and oxygen atoms in total. The van der Waals surface area contributed by atoms with Crippen molar-refractivity contribution in [3.8, 4) is 0 Å². The molecule has 0 saturated carbocycles. The first-order chi connectivity index (χ1) is 6.61. The molecule has 1 N–H and O–H groups in total. The summed E-state index contributed by atoms with van der Waals surface area (Å²) >= 11 is 0. The van der Waals surface area contributed by atoms with Gasteiger partial charge in [0.05, 0.1) is 13.1 Å². The van der Waals surface area contributed by atoms with Crippen molar-refractivity contribution in [1.82, 2.24) is 14.9 Å². The van der Waals surface area contributed by atoms with Crippen molar-refractivity contribution in [3.05, 3.63) is 18.2 Å². The normalized spacial score (nSPS) is 11.6. The quantitative estimate of drug-likeness (QED) is 0.750. The first-order valence-corrected chi connectivity index (χ1v) is 3.90. The maximum Gasteiger partial charge on any atom is 0.319 e. The van der Waals surface area contributed by atoms with Gasteiger partial charge in [-0.25, -0.2) is 13.8 Å². The lowest BCUT2D eigenvalue weighted by molar-refractivity contribution is 0.0663. The molecule has 0 aliphatic carbocycles. The molecule has 0 aliphatic heterocycles. The van der Waals surface area contributed by atoms with Crippen LogP contribution in [0.25, 0.3) is 0 Å². The third-order valence-electron chi connectivity index (χ3n) is 1.54. The Labute approximate surface area is 77.7 Å². The summed E-state index contributed by atoms with van der Waals surface area (Å²) < 4.78 is 48.4. The lowest BCUT2D eigenvalue weighted by Crippen LogP contribution is -2.22. The summed E-state index contributed by atoms with van der Waals surface area (Å²) in [5, 5.41) is 2.32. The number of imidazole rings is 1. The summed E-state index contributed by atoms with van der Waals surface area (Å²) in [4.78, 5) is 3.61. The number of nitrogens with zero attached hydrogens (tertiary/aromatic N) is 2. The van der Waals surface area contributed by atoms with Crippen molar-refractivity contribution < 1.29 is 17.6 Å². The zero-order valence-corrected chi connectivity index (χ0v) is 7.13. The maximum atomic E-state index is 12.2. The van der Waals surface area contributed by atoms with Gasteiger partial charge in [-0.1, -0.05) is 0 Å². The smallest absolute Gasteiger partial charge is 0.304 e. The van der Waals surface area contributed by atoms with Crippen LogP contribution >= 0.6 is 0 Å². The van der Waals surface area contributed by atoms with Crippen LogP contribution in [-0.4, -0.2) is 22.5 Å². The highest BCUT2D eigenvalue weighted by atomic mass is 19.3. The van der Waals surface area contributed by atoms with Crippen LogP contribution in [0.1, 0.15) is 12.4 Å². The Morgan fingerprint density at radius 3 is 2.64 bits per heavy atom. The maximum absolute atomic E-state index is 12.2. The lowest BCUT2D eigenvalue weighted by atomic mass is 10.5. The minimum absolute atomic E-state index is 0.0423. The van der Waals surface area contributed by atoms with Crippen LogP contribution in [0.3, 0.4) is 0 Å². The van der Waals surface area contributed by atoms with Crippen molar-refractivity contribution in [2.24, 2.45) is 0 Å². The van der Waals surface area contributed by atoms with Gasteiger partial charge in [0.25, 0.3) is 6.43 Å². The number of aromatic nitrogens is 2. The summed E-state index contributed by atoms with van der Waals surface area (Å²) in [6, 6.07) is 0. The van der Waals surface area contributed by atoms with Crippen molar-refractivity contribution in [1.29, 1.82) is 0 Å². The molecular formula is C7H9F4N3. The van der Waals surface area contributed by atoms with Gasteiger partial charge in [0.15, 0.2) is 0 Å². The van der Waals surface area contributed by atoms with Crippen LogP contribution in [0.4, 0.5) is 17.6 Å². The van der Waals surface area contributed by atoms with E-state index in [0.29, 0.717) is 4.57 Å². The van der Waals surface area contributed by atoms with Gasteiger partial charge in [-0.15, -0.1) is 0 Å². The number of nitrogens with one attached hydrogen (secondary N) is 1. The molecule has 0 fully saturated rings. The minimum atomic E-state index is -2.69. The van der Waals surface area contributed by atoms with E-state index in [2.05, 4.69) is 10.3 Å². The topological polar surface area (TPSA) is 29.9 Å². The number of alkyl halides is 4. The minimum Gasteiger partial charge on any atom is -0.304 e. The van der Waals surface area contributed by atoms with E-state index in [1.165, 1.54) is 6.20 Å². The third kappa shape index (κ3) is 2.99. The second kappa shape index (κ2) is 4.94. The molecule has 0 saturated heterocycles. The molecule has 0 spiro atoms. The second-order valence-corrected chi connectivity index (χ2v) is 2.55. The molecule has 7 heteroatoms. The molecule has 1 rings (SSSR count). The fourth-order valence-electron chi connectivity index (χ4n) is 0.952. The molecule has 0 bridgehead atoms. The summed E-state index contributed by atoms with van der Waals surface area (Å²) in [5.74, 6) is 0.0423. The summed E-state index contributed by atoms with van der Waals surface area (Å²) in [6.07, 6.45) is -0.194. The molecule has 1 aromatic heterocycles. The van der Waals surface area contributed by atoms with Crippen molar-refractivity contribution in [2.75, 3.05) is 6.54 Å². The first kappa shape index (κ1) is 11.0. The van der Waals surface area contributed by atoms with Crippen LogP contribution in [0.15, 0.2) is 12.4 Å². The Hall–Kier alpha value is -1.11. The van der Waals surface area contributed by atoms with Gasteiger partial charge in [-0.3, -0.25) is 4.57 Å². The standard InChI is InChI=1S/C7H9F4N3/c8-5(9)3-12-4-6-13-1-2-14(6)7(10)11/h1-2,5,7,12H,3-4H2. The van der Waals surface area contributed by atoms with Crippen molar-refractivity contribution >= 4 is 0 Å². The fourth-order valence-corrected chi connectivity index (χ4v) is 0.952. The Balaban J connectivity index is 2.46. The van der Waals surface area contributed by atoms with E-state index >= 15 is 0 Å². The van der Waals surface area contributed by atoms with Crippen LogP contribution in [0, 0.1) is 0 Å². The Morgan fingerprint density at radius 2 is 2.07 bits per heavy atom. The molecular weight excluding hydrogens is 202 g/mol. The molecule has 1 aromatic rings. The predicted octanol–water partition coefficient (Wildman–Crippen LogP) is 1.63. The molecule has 14 heavy (non-hydrogen) atoms. The van der Waals surface area contributed by atoms with E-state index in [0.717, 1.165) is 6.20 Å². The predicted molar refractivity (Wildman–Crippen MR) is 41.2 cm³/mol. The average molecular weight is 211 g/mol. The van der Waals surface area contributed by atoms with Gasteiger partial charge in [-0.05, 0) is 0 Å².